The van der Waals surface area contributed by atoms with E-state index in [1.807, 2.05) is 5.32 Å². The lowest BCUT2D eigenvalue weighted by molar-refractivity contribution is -0.260. The number of carbonyl (C=O) groups is 1. The predicted octanol–water partition coefficient (Wildman–Crippen LogP) is 6.92. The molecule has 1 saturated carbocycles. The molecule has 4 nitrogen and oxygen atoms in total. The molecule has 15 heteroatoms. The Bertz CT molecular complexity index is 1180. The van der Waals surface area contributed by atoms with Crippen LogP contribution < -0.4 is 10.6 Å². The molecule has 1 fully saturated rings. The number of nitrogens with one attached hydrogen (secondary N) is 2. The minimum Gasteiger partial charge on any atom is -0.381 e. The fourth-order valence-electron chi connectivity index (χ4n) is 3.41. The van der Waals surface area contributed by atoms with Crippen LogP contribution >= 0.6 is 23.2 Å². The molecule has 2 aromatic rings. The van der Waals surface area contributed by atoms with Gasteiger partial charge in [-0.1, -0.05) is 29.3 Å². The summed E-state index contributed by atoms with van der Waals surface area (Å²) in [5, 5.41) is 12.8. The van der Waals surface area contributed by atoms with Crippen molar-refractivity contribution in [1.82, 2.24) is 5.32 Å². The molecule has 0 saturated heterocycles. The van der Waals surface area contributed by atoms with Gasteiger partial charge in [0.25, 0.3) is 0 Å². The van der Waals surface area contributed by atoms with Gasteiger partial charge in [0.05, 0.1) is 27.7 Å². The van der Waals surface area contributed by atoms with Gasteiger partial charge in [0.1, 0.15) is 0 Å². The number of hydrogen-bond donors (Lipinski definition) is 3. The van der Waals surface area contributed by atoms with E-state index in [0.29, 0.717) is 25.0 Å². The second-order valence-corrected chi connectivity index (χ2v) is 9.18. The summed E-state index contributed by atoms with van der Waals surface area (Å²) in [5.74, 6) is -0.694. The molecular weight excluding hydrogens is 566 g/mol. The van der Waals surface area contributed by atoms with Crippen LogP contribution in [0.1, 0.15) is 35.1 Å². The molecule has 1 aliphatic carbocycles. The maximum atomic E-state index is 13.9. The molecule has 0 bridgehead atoms. The van der Waals surface area contributed by atoms with Gasteiger partial charge in [-0.2, -0.15) is 39.5 Å². The summed E-state index contributed by atoms with van der Waals surface area (Å²) in [6, 6.07) is 2.72. The quantitative estimate of drug-likeness (QED) is 0.311. The molecule has 3 N–H and O–H groups in total. The van der Waals surface area contributed by atoms with Crippen LogP contribution in [-0.2, 0) is 29.3 Å². The molecule has 0 radical (unpaired) electrons. The number of aliphatic hydroxyl groups is 1. The first-order valence-electron chi connectivity index (χ1n) is 10.4. The van der Waals surface area contributed by atoms with Gasteiger partial charge in [0.15, 0.2) is 0 Å². The highest BCUT2D eigenvalue weighted by atomic mass is 35.5. The number of benzene rings is 2. The molecule has 1 aliphatic rings. The Balaban J connectivity index is 1.93. The van der Waals surface area contributed by atoms with Crippen molar-refractivity contribution in [3.63, 3.8) is 0 Å². The van der Waals surface area contributed by atoms with Gasteiger partial charge in [0, 0.05) is 18.2 Å². The van der Waals surface area contributed by atoms with Crippen LogP contribution in [0.3, 0.4) is 0 Å². The second-order valence-electron chi connectivity index (χ2n) is 8.39. The first kappa shape index (κ1) is 29.2. The molecule has 0 aromatic heterocycles. The molecule has 0 unspecified atom stereocenters. The zero-order chi connectivity index (χ0) is 28.0. The predicted molar refractivity (Wildman–Crippen MR) is 116 cm³/mol. The normalized spacial score (nSPS) is 16.3. The Hall–Kier alpha value is -2.38. The van der Waals surface area contributed by atoms with Crippen LogP contribution in [0.4, 0.5) is 45.2 Å². The smallest absolute Gasteiger partial charge is 0.381 e. The summed E-state index contributed by atoms with van der Waals surface area (Å²) in [4.78, 5) is 11.8. The van der Waals surface area contributed by atoms with E-state index in [2.05, 4.69) is 5.32 Å². The summed E-state index contributed by atoms with van der Waals surface area (Å²) < 4.78 is 122. The van der Waals surface area contributed by atoms with Crippen LogP contribution in [0.2, 0.25) is 10.0 Å². The maximum absolute atomic E-state index is 13.9. The van der Waals surface area contributed by atoms with Crippen LogP contribution in [0.15, 0.2) is 30.3 Å². The van der Waals surface area contributed by atoms with Crippen LogP contribution in [0.5, 0.6) is 0 Å². The number of halogens is 11. The van der Waals surface area contributed by atoms with E-state index in [4.69, 9.17) is 23.2 Å². The zero-order valence-corrected chi connectivity index (χ0v) is 19.8. The van der Waals surface area contributed by atoms with Gasteiger partial charge < -0.3 is 15.7 Å². The minimum absolute atomic E-state index is 0.0316. The third kappa shape index (κ3) is 6.55. The molecule has 2 aromatic carbocycles. The van der Waals surface area contributed by atoms with E-state index in [1.54, 1.807) is 0 Å². The third-order valence-electron chi connectivity index (χ3n) is 5.64. The number of carbonyl (C=O) groups excluding carboxylic acids is 1. The highest BCUT2D eigenvalue weighted by molar-refractivity contribution is 6.42. The number of hydrogen-bond acceptors (Lipinski definition) is 3. The first-order valence-corrected chi connectivity index (χ1v) is 11.2. The van der Waals surface area contributed by atoms with Crippen LogP contribution in [-0.4, -0.2) is 23.7 Å². The van der Waals surface area contributed by atoms with Gasteiger partial charge in [-0.3, -0.25) is 4.79 Å². The van der Waals surface area contributed by atoms with Crippen molar-refractivity contribution >= 4 is 34.8 Å². The van der Waals surface area contributed by atoms with Crippen LogP contribution in [0, 0.1) is 5.92 Å². The molecule has 1 atom stereocenters. The number of anilines is 1. The second kappa shape index (κ2) is 10.1. The average Bonchev–Trinajstić information content (AvgIpc) is 3.61. The van der Waals surface area contributed by atoms with Gasteiger partial charge in [-0.15, -0.1) is 0 Å². The Morgan fingerprint density at radius 3 is 2.03 bits per heavy atom. The van der Waals surface area contributed by atoms with Crippen molar-refractivity contribution in [2.45, 2.75) is 43.5 Å². The van der Waals surface area contributed by atoms with E-state index in [1.165, 1.54) is 0 Å². The van der Waals surface area contributed by atoms with Crippen molar-refractivity contribution in [3.05, 3.63) is 62.6 Å². The van der Waals surface area contributed by atoms with Crippen LogP contribution in [0.25, 0.3) is 0 Å². The van der Waals surface area contributed by atoms with E-state index in [0.717, 1.165) is 12.1 Å². The van der Waals surface area contributed by atoms with Crippen molar-refractivity contribution in [3.8, 4) is 0 Å². The van der Waals surface area contributed by atoms with Crippen molar-refractivity contribution in [2.75, 3.05) is 11.9 Å². The SMILES string of the molecule is O=C(NCc1ccc(NC[C@](O)(c2cc(Cl)c(Cl)c(C(F)(F)F)c2)C(F)(F)F)cc1C(F)(F)F)C1CC1. The molecule has 0 aliphatic heterocycles. The highest BCUT2D eigenvalue weighted by Crippen LogP contribution is 2.45. The fraction of sp³-hybridized carbons (Fsp3) is 0.409. The van der Waals surface area contributed by atoms with E-state index in [-0.39, 0.29) is 17.5 Å². The van der Waals surface area contributed by atoms with Gasteiger partial charge in [-0.25, -0.2) is 0 Å². The average molecular weight is 583 g/mol. The summed E-state index contributed by atoms with van der Waals surface area (Å²) >= 11 is 11.0. The molecule has 0 spiro atoms. The minimum atomic E-state index is -5.58. The Morgan fingerprint density at radius 2 is 1.51 bits per heavy atom. The molecular formula is C22H17Cl2F9N2O2. The highest BCUT2D eigenvalue weighted by Gasteiger charge is 2.56. The molecule has 204 valence electrons. The summed E-state index contributed by atoms with van der Waals surface area (Å²) in [7, 11) is 0. The Labute approximate surface area is 213 Å². The summed E-state index contributed by atoms with van der Waals surface area (Å²) in [5.41, 5.74) is -9.23. The topological polar surface area (TPSA) is 61.4 Å². The summed E-state index contributed by atoms with van der Waals surface area (Å²) in [6.45, 7) is -2.05. The van der Waals surface area contributed by atoms with Crippen molar-refractivity contribution < 1.29 is 49.4 Å². The van der Waals surface area contributed by atoms with Crippen molar-refractivity contribution in [2.24, 2.45) is 5.92 Å². The largest absolute Gasteiger partial charge is 0.423 e. The fourth-order valence-corrected chi connectivity index (χ4v) is 3.84. The van der Waals surface area contributed by atoms with Gasteiger partial charge >= 0.3 is 18.5 Å². The Kier molecular flexibility index (Phi) is 7.94. The lowest BCUT2D eigenvalue weighted by Crippen LogP contribution is -2.48. The molecule has 1 amide bonds. The van der Waals surface area contributed by atoms with E-state index in [9.17, 15) is 49.4 Å². The third-order valence-corrected chi connectivity index (χ3v) is 6.45. The first-order chi connectivity index (χ1) is 16.8. The van der Waals surface area contributed by atoms with E-state index >= 15 is 0 Å². The van der Waals surface area contributed by atoms with Crippen molar-refractivity contribution in [1.29, 1.82) is 0 Å². The lowest BCUT2D eigenvalue weighted by Gasteiger charge is -2.32. The zero-order valence-electron chi connectivity index (χ0n) is 18.3. The van der Waals surface area contributed by atoms with Gasteiger partial charge in [-0.05, 0) is 48.2 Å². The number of alkyl halides is 9. The maximum Gasteiger partial charge on any atom is 0.423 e. The molecule has 0 heterocycles. The molecule has 37 heavy (non-hydrogen) atoms. The number of rotatable bonds is 7. The Morgan fingerprint density at radius 1 is 0.919 bits per heavy atom. The monoisotopic (exact) mass is 582 g/mol. The van der Waals surface area contributed by atoms with E-state index < -0.39 is 75.5 Å². The number of amides is 1. The van der Waals surface area contributed by atoms with Gasteiger partial charge in [0.2, 0.25) is 11.5 Å². The molecule has 3 rings (SSSR count). The lowest BCUT2D eigenvalue weighted by atomic mass is 9.91. The summed E-state index contributed by atoms with van der Waals surface area (Å²) in [6.07, 6.45) is -14.5. The standard InChI is InChI=1S/C22H17Cl2F9N2O2/c23-16-6-12(5-15(17(16)24)21(28,29)30)19(37,22(31,32)33)9-35-13-4-3-11(14(7-13)20(25,26)27)8-34-18(36)10-1-2-10/h3-7,10,35,37H,1-2,8-9H2,(H,34,36)/t19-/m0/s1.